The minimum absolute atomic E-state index is 0.303. The number of nitrogens with zero attached hydrogens (tertiary/aromatic N) is 5. The molecule has 0 radical (unpaired) electrons. The normalized spacial score (nSPS) is 23.0. The summed E-state index contributed by atoms with van der Waals surface area (Å²) in [6, 6.07) is 4.84. The van der Waals surface area contributed by atoms with Gasteiger partial charge in [0.2, 0.25) is 0 Å². The number of pyridine rings is 1. The van der Waals surface area contributed by atoms with Gasteiger partial charge < -0.3 is 10.6 Å². The topological polar surface area (TPSA) is 71.2 Å². The molecule has 6 nitrogen and oxygen atoms in total. The Hall–Kier alpha value is -2.65. The molecule has 4 rings (SSSR count). The summed E-state index contributed by atoms with van der Waals surface area (Å²) in [6.45, 7) is 4.88. The molecule has 2 aliphatic rings. The molecule has 0 aromatic carbocycles. The van der Waals surface area contributed by atoms with Gasteiger partial charge in [0, 0.05) is 44.3 Å². The van der Waals surface area contributed by atoms with E-state index in [2.05, 4.69) is 43.5 Å². The summed E-state index contributed by atoms with van der Waals surface area (Å²) in [5.41, 5.74) is 8.07. The molecule has 2 fully saturated rings. The van der Waals surface area contributed by atoms with Crippen LogP contribution in [0.4, 0.5) is 11.6 Å². The standard InChI is InChI=1S/C20H24N6/c1-15-7-8-22-16(13-15)5-6-17-3-2-4-18-14-25(11-12-26(17)18)20-19(21)23-9-10-24-20/h7-10,13,17-18H,2-4,11-12,14H2,1H3,(H2,21,23)/t17-,18+/m1/s1. The summed E-state index contributed by atoms with van der Waals surface area (Å²) in [6.07, 6.45) is 8.70. The van der Waals surface area contributed by atoms with Crippen LogP contribution in [0.5, 0.6) is 0 Å². The number of nitrogens with two attached hydrogens (primary N) is 1. The lowest BCUT2D eigenvalue weighted by atomic mass is 9.93. The first kappa shape index (κ1) is 16.8. The predicted octanol–water partition coefficient (Wildman–Crippen LogP) is 1.86. The Bertz CT molecular complexity index is 839. The van der Waals surface area contributed by atoms with Crippen molar-refractivity contribution in [2.45, 2.75) is 38.3 Å². The lowest BCUT2D eigenvalue weighted by Gasteiger charge is -2.47. The highest BCUT2D eigenvalue weighted by Crippen LogP contribution is 2.29. The molecule has 2 atom stereocenters. The van der Waals surface area contributed by atoms with E-state index >= 15 is 0 Å². The second-order valence-electron chi connectivity index (χ2n) is 7.04. The van der Waals surface area contributed by atoms with Crippen molar-refractivity contribution in [1.29, 1.82) is 0 Å². The largest absolute Gasteiger partial charge is 0.381 e. The minimum Gasteiger partial charge on any atom is -0.381 e. The number of anilines is 2. The lowest BCUT2D eigenvalue weighted by Crippen LogP contribution is -2.58. The second-order valence-corrected chi connectivity index (χ2v) is 7.04. The maximum absolute atomic E-state index is 6.01. The van der Waals surface area contributed by atoms with Crippen molar-refractivity contribution in [2.24, 2.45) is 0 Å². The van der Waals surface area contributed by atoms with Crippen molar-refractivity contribution in [3.8, 4) is 11.8 Å². The molecule has 2 aliphatic heterocycles. The van der Waals surface area contributed by atoms with Gasteiger partial charge in [-0.25, -0.2) is 15.0 Å². The molecule has 2 N–H and O–H groups in total. The van der Waals surface area contributed by atoms with Crippen molar-refractivity contribution in [1.82, 2.24) is 19.9 Å². The first-order valence-electron chi connectivity index (χ1n) is 9.22. The molecular formula is C20H24N6. The Morgan fingerprint density at radius 1 is 1.12 bits per heavy atom. The third-order valence-electron chi connectivity index (χ3n) is 5.23. The molecule has 0 aliphatic carbocycles. The van der Waals surface area contributed by atoms with Crippen LogP contribution in [0.1, 0.15) is 30.5 Å². The number of nitrogen functional groups attached to an aromatic ring is 1. The second kappa shape index (κ2) is 7.30. The van der Waals surface area contributed by atoms with Gasteiger partial charge in [0.05, 0.1) is 6.04 Å². The molecule has 0 saturated carbocycles. The van der Waals surface area contributed by atoms with Crippen LogP contribution in [-0.2, 0) is 0 Å². The first-order valence-corrected chi connectivity index (χ1v) is 9.22. The Morgan fingerprint density at radius 3 is 2.85 bits per heavy atom. The van der Waals surface area contributed by atoms with E-state index in [0.29, 0.717) is 17.9 Å². The first-order chi connectivity index (χ1) is 12.7. The molecule has 26 heavy (non-hydrogen) atoms. The molecule has 2 aromatic rings. The Balaban J connectivity index is 1.48. The van der Waals surface area contributed by atoms with Gasteiger partial charge in [0.1, 0.15) is 5.69 Å². The number of fused-ring (bicyclic) bond motifs is 1. The van der Waals surface area contributed by atoms with Crippen molar-refractivity contribution < 1.29 is 0 Å². The van der Waals surface area contributed by atoms with Crippen LogP contribution in [-0.4, -0.2) is 51.6 Å². The van der Waals surface area contributed by atoms with Crippen LogP contribution in [0.2, 0.25) is 0 Å². The molecule has 0 unspecified atom stereocenters. The monoisotopic (exact) mass is 348 g/mol. The number of hydrogen-bond donors (Lipinski definition) is 1. The molecular weight excluding hydrogens is 324 g/mol. The number of piperazine rings is 1. The summed E-state index contributed by atoms with van der Waals surface area (Å²) in [5.74, 6) is 8.08. The van der Waals surface area contributed by atoms with Gasteiger partial charge in [-0.15, -0.1) is 0 Å². The van der Waals surface area contributed by atoms with Gasteiger partial charge in [-0.2, -0.15) is 0 Å². The zero-order valence-corrected chi connectivity index (χ0v) is 15.1. The number of aromatic nitrogens is 3. The number of aryl methyl sites for hydroxylation is 1. The fraction of sp³-hybridized carbons (Fsp3) is 0.450. The number of hydrogen-bond acceptors (Lipinski definition) is 6. The number of piperidine rings is 1. The zero-order chi connectivity index (χ0) is 17.9. The van der Waals surface area contributed by atoms with Crippen LogP contribution in [0, 0.1) is 18.8 Å². The van der Waals surface area contributed by atoms with Gasteiger partial charge in [0.25, 0.3) is 0 Å². The highest BCUT2D eigenvalue weighted by Gasteiger charge is 2.35. The highest BCUT2D eigenvalue weighted by atomic mass is 15.3. The van der Waals surface area contributed by atoms with E-state index in [1.807, 2.05) is 18.3 Å². The van der Waals surface area contributed by atoms with Crippen LogP contribution in [0.3, 0.4) is 0 Å². The van der Waals surface area contributed by atoms with Crippen molar-refractivity contribution in [2.75, 3.05) is 30.3 Å². The average molecular weight is 348 g/mol. The van der Waals surface area contributed by atoms with E-state index in [4.69, 9.17) is 5.73 Å². The van der Waals surface area contributed by atoms with E-state index < -0.39 is 0 Å². The molecule has 2 saturated heterocycles. The van der Waals surface area contributed by atoms with E-state index in [9.17, 15) is 0 Å². The summed E-state index contributed by atoms with van der Waals surface area (Å²) >= 11 is 0. The summed E-state index contributed by atoms with van der Waals surface area (Å²) in [4.78, 5) is 17.8. The maximum atomic E-state index is 6.01. The third-order valence-corrected chi connectivity index (χ3v) is 5.23. The van der Waals surface area contributed by atoms with Gasteiger partial charge in [-0.05, 0) is 49.8 Å². The fourth-order valence-electron chi connectivity index (χ4n) is 3.94. The minimum atomic E-state index is 0.303. The average Bonchev–Trinajstić information content (AvgIpc) is 2.66. The van der Waals surface area contributed by atoms with Gasteiger partial charge >= 0.3 is 0 Å². The Kier molecular flexibility index (Phi) is 4.72. The SMILES string of the molecule is Cc1ccnc(C#C[C@H]2CCC[C@H]3CN(c4nccnc4N)CCN32)c1. The van der Waals surface area contributed by atoms with Crippen molar-refractivity contribution in [3.63, 3.8) is 0 Å². The van der Waals surface area contributed by atoms with Gasteiger partial charge in [-0.3, -0.25) is 4.90 Å². The van der Waals surface area contributed by atoms with Gasteiger partial charge in [-0.1, -0.05) is 5.92 Å². The van der Waals surface area contributed by atoms with Crippen LogP contribution in [0.25, 0.3) is 0 Å². The van der Waals surface area contributed by atoms with E-state index in [-0.39, 0.29) is 0 Å². The Morgan fingerprint density at radius 2 is 2.00 bits per heavy atom. The van der Waals surface area contributed by atoms with E-state index in [0.717, 1.165) is 37.6 Å². The molecule has 0 amide bonds. The lowest BCUT2D eigenvalue weighted by molar-refractivity contribution is 0.100. The summed E-state index contributed by atoms with van der Waals surface area (Å²) < 4.78 is 0. The Labute approximate surface area is 154 Å². The third kappa shape index (κ3) is 3.49. The molecule has 2 aromatic heterocycles. The molecule has 4 heterocycles. The zero-order valence-electron chi connectivity index (χ0n) is 15.1. The van der Waals surface area contributed by atoms with Gasteiger partial charge in [0.15, 0.2) is 11.6 Å². The van der Waals surface area contributed by atoms with Crippen LogP contribution >= 0.6 is 0 Å². The van der Waals surface area contributed by atoms with E-state index in [1.54, 1.807) is 12.4 Å². The smallest absolute Gasteiger partial charge is 0.171 e. The molecule has 0 spiro atoms. The molecule has 0 bridgehead atoms. The van der Waals surface area contributed by atoms with E-state index in [1.165, 1.54) is 18.4 Å². The highest BCUT2D eigenvalue weighted by molar-refractivity contribution is 5.57. The quantitative estimate of drug-likeness (QED) is 0.793. The molecule has 134 valence electrons. The summed E-state index contributed by atoms with van der Waals surface area (Å²) in [7, 11) is 0. The van der Waals surface area contributed by atoms with Crippen LogP contribution < -0.4 is 10.6 Å². The predicted molar refractivity (Wildman–Crippen MR) is 103 cm³/mol. The van der Waals surface area contributed by atoms with Crippen molar-refractivity contribution >= 4 is 11.6 Å². The maximum Gasteiger partial charge on any atom is 0.171 e. The van der Waals surface area contributed by atoms with Crippen molar-refractivity contribution in [3.05, 3.63) is 42.0 Å². The summed E-state index contributed by atoms with van der Waals surface area (Å²) in [5, 5.41) is 0. The molecule has 6 heteroatoms. The fourth-order valence-corrected chi connectivity index (χ4v) is 3.94. The number of rotatable bonds is 1. The van der Waals surface area contributed by atoms with Crippen LogP contribution in [0.15, 0.2) is 30.7 Å².